The van der Waals surface area contributed by atoms with Crippen LogP contribution in [0.1, 0.15) is 10.4 Å². The molecule has 0 unspecified atom stereocenters. The first-order valence-corrected chi connectivity index (χ1v) is 7.12. The van der Waals surface area contributed by atoms with Crippen molar-refractivity contribution in [2.45, 2.75) is 0 Å². The van der Waals surface area contributed by atoms with E-state index >= 15 is 0 Å². The lowest BCUT2D eigenvalue weighted by molar-refractivity contribution is -0.385. The van der Waals surface area contributed by atoms with Crippen molar-refractivity contribution in [2.24, 2.45) is 0 Å². The minimum absolute atomic E-state index is 0.00637. The van der Waals surface area contributed by atoms with Gasteiger partial charge in [0, 0.05) is 10.5 Å². The second-order valence-corrected chi connectivity index (χ2v) is 5.66. The Kier molecular flexibility index (Phi) is 4.59. The number of carboxylic acid groups (broad SMARTS) is 1. The maximum Gasteiger partial charge on any atom is 0.339 e. The fourth-order valence-corrected chi connectivity index (χ4v) is 2.39. The Morgan fingerprint density at radius 2 is 1.95 bits per heavy atom. The number of ether oxygens (including phenoxy) is 1. The van der Waals surface area contributed by atoms with Gasteiger partial charge in [-0.15, -0.1) is 0 Å². The third-order valence-corrected chi connectivity index (χ3v) is 3.65. The molecule has 108 valence electrons. The van der Waals surface area contributed by atoms with Crippen LogP contribution in [0.15, 0.2) is 45.3 Å². The Hall–Kier alpha value is -1.93. The van der Waals surface area contributed by atoms with E-state index < -0.39 is 10.9 Å². The quantitative estimate of drug-likeness (QED) is 0.580. The average Bonchev–Trinajstić information content (AvgIpc) is 2.40. The van der Waals surface area contributed by atoms with Crippen LogP contribution in [0.25, 0.3) is 0 Å². The standard InChI is InChI=1S/C13H7Br2NO5/c14-7-4-5-8(13(17)18)11(6-7)21-12-9(15)2-1-3-10(12)16(19)20/h1-6H,(H,17,18). The zero-order valence-corrected chi connectivity index (χ0v) is 13.4. The molecule has 6 nitrogen and oxygen atoms in total. The van der Waals surface area contributed by atoms with E-state index in [9.17, 15) is 14.9 Å². The van der Waals surface area contributed by atoms with Crippen molar-refractivity contribution in [3.05, 3.63) is 61.0 Å². The summed E-state index contributed by atoms with van der Waals surface area (Å²) in [5, 5.41) is 20.2. The summed E-state index contributed by atoms with van der Waals surface area (Å²) in [5.74, 6) is -1.23. The summed E-state index contributed by atoms with van der Waals surface area (Å²) < 4.78 is 6.42. The third kappa shape index (κ3) is 3.40. The number of para-hydroxylation sites is 1. The molecule has 2 aromatic rings. The van der Waals surface area contributed by atoms with Crippen molar-refractivity contribution < 1.29 is 19.6 Å². The molecule has 0 aromatic heterocycles. The molecule has 2 aromatic carbocycles. The second-order valence-electron chi connectivity index (χ2n) is 3.89. The molecule has 0 saturated heterocycles. The van der Waals surface area contributed by atoms with Crippen LogP contribution in [-0.2, 0) is 0 Å². The fourth-order valence-electron chi connectivity index (χ4n) is 1.61. The Morgan fingerprint density at radius 3 is 2.57 bits per heavy atom. The Bertz CT molecular complexity index is 732. The van der Waals surface area contributed by atoms with E-state index in [1.807, 2.05) is 0 Å². The number of nitro groups is 1. The summed E-state index contributed by atoms with van der Waals surface area (Å²) >= 11 is 6.37. The number of rotatable bonds is 4. The third-order valence-electron chi connectivity index (χ3n) is 2.53. The molecule has 0 aliphatic rings. The molecule has 0 aliphatic heterocycles. The molecule has 0 radical (unpaired) electrons. The van der Waals surface area contributed by atoms with Crippen LogP contribution in [0.5, 0.6) is 11.5 Å². The van der Waals surface area contributed by atoms with Gasteiger partial charge in [0.25, 0.3) is 0 Å². The number of nitro benzene ring substituents is 1. The molecule has 0 aliphatic carbocycles. The first-order valence-electron chi connectivity index (χ1n) is 5.53. The van der Waals surface area contributed by atoms with Crippen molar-refractivity contribution in [1.29, 1.82) is 0 Å². The van der Waals surface area contributed by atoms with Gasteiger partial charge in [-0.1, -0.05) is 22.0 Å². The van der Waals surface area contributed by atoms with Gasteiger partial charge in [0.05, 0.1) is 9.40 Å². The minimum Gasteiger partial charge on any atom is -0.478 e. The van der Waals surface area contributed by atoms with E-state index in [1.54, 1.807) is 12.1 Å². The van der Waals surface area contributed by atoms with Gasteiger partial charge in [0.15, 0.2) is 0 Å². The summed E-state index contributed by atoms with van der Waals surface area (Å²) in [6.07, 6.45) is 0. The number of hydrogen-bond donors (Lipinski definition) is 1. The number of hydrogen-bond acceptors (Lipinski definition) is 4. The number of aromatic carboxylic acids is 1. The highest BCUT2D eigenvalue weighted by Gasteiger charge is 2.21. The van der Waals surface area contributed by atoms with E-state index in [-0.39, 0.29) is 22.7 Å². The summed E-state index contributed by atoms with van der Waals surface area (Å²) in [4.78, 5) is 21.6. The second kappa shape index (κ2) is 6.23. The molecule has 0 atom stereocenters. The predicted octanol–water partition coefficient (Wildman–Crippen LogP) is 4.61. The first kappa shape index (κ1) is 15.5. The van der Waals surface area contributed by atoms with Gasteiger partial charge in [-0.3, -0.25) is 10.1 Å². The van der Waals surface area contributed by atoms with E-state index in [1.165, 1.54) is 24.3 Å². The number of halogens is 2. The molecule has 0 saturated carbocycles. The normalized spacial score (nSPS) is 10.2. The number of carbonyl (C=O) groups is 1. The minimum atomic E-state index is -1.19. The van der Waals surface area contributed by atoms with E-state index in [0.29, 0.717) is 8.95 Å². The fraction of sp³-hybridized carbons (Fsp3) is 0. The van der Waals surface area contributed by atoms with E-state index in [2.05, 4.69) is 31.9 Å². The van der Waals surface area contributed by atoms with Gasteiger partial charge in [0.1, 0.15) is 11.3 Å². The van der Waals surface area contributed by atoms with Gasteiger partial charge in [0.2, 0.25) is 5.75 Å². The molecular formula is C13H7Br2NO5. The van der Waals surface area contributed by atoms with Gasteiger partial charge in [-0.25, -0.2) is 4.79 Å². The summed E-state index contributed by atoms with van der Waals surface area (Å²) in [6.45, 7) is 0. The monoisotopic (exact) mass is 415 g/mol. The van der Waals surface area contributed by atoms with Crippen LogP contribution in [0.2, 0.25) is 0 Å². The molecule has 8 heteroatoms. The SMILES string of the molecule is O=C(O)c1ccc(Br)cc1Oc1c(Br)cccc1[N+](=O)[O-]. The highest BCUT2D eigenvalue weighted by Crippen LogP contribution is 2.39. The van der Waals surface area contributed by atoms with Gasteiger partial charge >= 0.3 is 11.7 Å². The van der Waals surface area contributed by atoms with Crippen LogP contribution in [0, 0.1) is 10.1 Å². The number of benzene rings is 2. The van der Waals surface area contributed by atoms with Crippen LogP contribution in [0.4, 0.5) is 5.69 Å². The van der Waals surface area contributed by atoms with Crippen LogP contribution >= 0.6 is 31.9 Å². The molecule has 0 fully saturated rings. The average molecular weight is 417 g/mol. The van der Waals surface area contributed by atoms with Gasteiger partial charge in [-0.05, 0) is 40.2 Å². The van der Waals surface area contributed by atoms with E-state index in [0.717, 1.165) is 0 Å². The highest BCUT2D eigenvalue weighted by atomic mass is 79.9. The van der Waals surface area contributed by atoms with Crippen molar-refractivity contribution >= 4 is 43.5 Å². The number of nitrogens with zero attached hydrogens (tertiary/aromatic N) is 1. The lowest BCUT2D eigenvalue weighted by Gasteiger charge is -2.11. The van der Waals surface area contributed by atoms with Gasteiger partial charge < -0.3 is 9.84 Å². The predicted molar refractivity (Wildman–Crippen MR) is 82.0 cm³/mol. The van der Waals surface area contributed by atoms with Crippen molar-refractivity contribution in [3.8, 4) is 11.5 Å². The largest absolute Gasteiger partial charge is 0.478 e. The van der Waals surface area contributed by atoms with E-state index in [4.69, 9.17) is 9.84 Å². The maximum atomic E-state index is 11.2. The van der Waals surface area contributed by atoms with Crippen molar-refractivity contribution in [3.63, 3.8) is 0 Å². The Labute approximate surface area is 135 Å². The van der Waals surface area contributed by atoms with Crippen molar-refractivity contribution in [2.75, 3.05) is 0 Å². The van der Waals surface area contributed by atoms with Crippen LogP contribution in [0.3, 0.4) is 0 Å². The summed E-state index contributed by atoms with van der Waals surface area (Å²) in [5.41, 5.74) is -0.357. The van der Waals surface area contributed by atoms with Crippen molar-refractivity contribution in [1.82, 2.24) is 0 Å². The zero-order valence-electron chi connectivity index (χ0n) is 10.2. The molecular weight excluding hydrogens is 410 g/mol. The lowest BCUT2D eigenvalue weighted by atomic mass is 10.2. The Morgan fingerprint density at radius 1 is 1.24 bits per heavy atom. The smallest absolute Gasteiger partial charge is 0.339 e. The molecule has 0 heterocycles. The Balaban J connectivity index is 2.55. The molecule has 2 rings (SSSR count). The number of carboxylic acids is 1. The molecule has 21 heavy (non-hydrogen) atoms. The topological polar surface area (TPSA) is 89.7 Å². The lowest BCUT2D eigenvalue weighted by Crippen LogP contribution is -2.01. The highest BCUT2D eigenvalue weighted by molar-refractivity contribution is 9.10. The molecule has 1 N–H and O–H groups in total. The zero-order chi connectivity index (χ0) is 15.6. The maximum absolute atomic E-state index is 11.2. The first-order chi connectivity index (χ1) is 9.90. The summed E-state index contributed by atoms with van der Waals surface area (Å²) in [6, 6.07) is 8.68. The molecule has 0 spiro atoms. The van der Waals surface area contributed by atoms with Gasteiger partial charge in [-0.2, -0.15) is 0 Å². The summed E-state index contributed by atoms with van der Waals surface area (Å²) in [7, 11) is 0. The van der Waals surface area contributed by atoms with Crippen LogP contribution < -0.4 is 4.74 Å². The molecule has 0 bridgehead atoms. The van der Waals surface area contributed by atoms with Crippen LogP contribution in [-0.4, -0.2) is 16.0 Å². The molecule has 0 amide bonds.